The zero-order valence-electron chi connectivity index (χ0n) is 16.7. The molecule has 0 bridgehead atoms. The van der Waals surface area contributed by atoms with Crippen molar-refractivity contribution in [2.45, 2.75) is 6.18 Å². The van der Waals surface area contributed by atoms with Crippen LogP contribution in [0.1, 0.15) is 5.56 Å². The van der Waals surface area contributed by atoms with Gasteiger partial charge in [0.15, 0.2) is 5.75 Å². The molecule has 0 atom stereocenters. The summed E-state index contributed by atoms with van der Waals surface area (Å²) in [4.78, 5) is 12.6. The summed E-state index contributed by atoms with van der Waals surface area (Å²) in [5, 5.41) is 7.77. The van der Waals surface area contributed by atoms with Gasteiger partial charge in [-0.25, -0.2) is 4.79 Å². The molecule has 5 nitrogen and oxygen atoms in total. The maximum absolute atomic E-state index is 13.2. The number of halogens is 3. The summed E-state index contributed by atoms with van der Waals surface area (Å²) in [6.45, 7) is 0. The molecule has 0 saturated heterocycles. The quantitative estimate of drug-likeness (QED) is 0.328. The van der Waals surface area contributed by atoms with E-state index in [1.807, 2.05) is 24.3 Å². The van der Waals surface area contributed by atoms with Crippen molar-refractivity contribution in [2.24, 2.45) is 0 Å². The second-order valence-electron chi connectivity index (χ2n) is 6.71. The molecule has 0 aliphatic rings. The number of methoxy groups -OCH3 is 1. The van der Waals surface area contributed by atoms with Crippen molar-refractivity contribution in [1.82, 2.24) is 0 Å². The molecule has 0 spiro atoms. The van der Waals surface area contributed by atoms with Crippen LogP contribution in [0.5, 0.6) is 17.2 Å². The molecule has 2 N–H and O–H groups in total. The second kappa shape index (κ2) is 8.80. The van der Waals surface area contributed by atoms with Gasteiger partial charge in [-0.1, -0.05) is 18.2 Å². The van der Waals surface area contributed by atoms with Crippen molar-refractivity contribution in [3.8, 4) is 17.2 Å². The first kappa shape index (κ1) is 21.5. The number of fused-ring (bicyclic) bond motifs is 1. The number of anilines is 2. The Balaban J connectivity index is 1.60. The van der Waals surface area contributed by atoms with Gasteiger partial charge in [0.1, 0.15) is 11.5 Å². The first-order valence-electron chi connectivity index (χ1n) is 9.41. The van der Waals surface area contributed by atoms with Gasteiger partial charge in [0.25, 0.3) is 0 Å². The molecular weight excluding hydrogens is 441 g/mol. The van der Waals surface area contributed by atoms with E-state index in [-0.39, 0.29) is 11.4 Å². The summed E-state index contributed by atoms with van der Waals surface area (Å²) in [5.41, 5.74) is -0.462. The highest BCUT2D eigenvalue weighted by Crippen LogP contribution is 2.37. The van der Waals surface area contributed by atoms with E-state index >= 15 is 0 Å². The van der Waals surface area contributed by atoms with Gasteiger partial charge >= 0.3 is 12.2 Å². The van der Waals surface area contributed by atoms with Crippen molar-refractivity contribution < 1.29 is 27.4 Å². The van der Waals surface area contributed by atoms with Crippen molar-refractivity contribution in [3.05, 3.63) is 77.7 Å². The third-order valence-corrected chi connectivity index (χ3v) is 5.53. The number of ether oxygens (including phenoxy) is 2. The SMILES string of the molecule is COc1ccc(Oc2ccc(C(F)(F)F)cc2NC(=O)Nc2csc3ccccc23)cc1. The minimum atomic E-state index is -4.57. The number of hydrogen-bond acceptors (Lipinski definition) is 4. The smallest absolute Gasteiger partial charge is 0.416 e. The molecule has 0 aliphatic carbocycles. The third kappa shape index (κ3) is 4.78. The van der Waals surface area contributed by atoms with Crippen molar-refractivity contribution in [1.29, 1.82) is 0 Å². The Kier molecular flexibility index (Phi) is 5.91. The fourth-order valence-corrected chi connectivity index (χ4v) is 3.91. The summed E-state index contributed by atoms with van der Waals surface area (Å²) in [7, 11) is 1.52. The standard InChI is InChI=1S/C23H17F3N2O3S/c1-30-15-7-9-16(10-8-15)31-20-11-6-14(23(24,25)26)12-18(20)27-22(29)28-19-13-32-21-5-3-2-4-17(19)21/h2-13H,1H3,(H2,27,28,29). The fraction of sp³-hybridized carbons (Fsp3) is 0.0870. The molecule has 2 amide bonds. The minimum absolute atomic E-state index is 0.0634. The molecule has 4 aromatic rings. The third-order valence-electron chi connectivity index (χ3n) is 4.57. The number of amides is 2. The molecule has 0 fully saturated rings. The number of carbonyl (C=O) groups is 1. The van der Waals surface area contributed by atoms with Crippen LogP contribution in [0.15, 0.2) is 72.1 Å². The number of benzene rings is 3. The Hall–Kier alpha value is -3.72. The van der Waals surface area contributed by atoms with Gasteiger partial charge < -0.3 is 20.1 Å². The van der Waals surface area contributed by atoms with Gasteiger partial charge in [0, 0.05) is 15.5 Å². The molecule has 0 saturated carbocycles. The molecule has 3 aromatic carbocycles. The first-order chi connectivity index (χ1) is 15.3. The van der Waals surface area contributed by atoms with Gasteiger partial charge in [-0.3, -0.25) is 0 Å². The minimum Gasteiger partial charge on any atom is -0.497 e. The van der Waals surface area contributed by atoms with Gasteiger partial charge in [-0.15, -0.1) is 11.3 Å². The summed E-state index contributed by atoms with van der Waals surface area (Å²) >= 11 is 1.45. The van der Waals surface area contributed by atoms with Crippen molar-refractivity contribution in [3.63, 3.8) is 0 Å². The Morgan fingerprint density at radius 2 is 1.59 bits per heavy atom. The van der Waals surface area contributed by atoms with E-state index in [1.165, 1.54) is 24.5 Å². The van der Waals surface area contributed by atoms with Gasteiger partial charge in [-0.05, 0) is 48.5 Å². The lowest BCUT2D eigenvalue weighted by Gasteiger charge is -2.16. The largest absolute Gasteiger partial charge is 0.497 e. The average Bonchev–Trinajstić information content (AvgIpc) is 3.17. The maximum atomic E-state index is 13.2. The first-order valence-corrected chi connectivity index (χ1v) is 10.3. The monoisotopic (exact) mass is 458 g/mol. The van der Waals surface area contributed by atoms with Gasteiger partial charge in [-0.2, -0.15) is 13.2 Å². The van der Waals surface area contributed by atoms with Crippen molar-refractivity contribution >= 4 is 38.8 Å². The molecule has 164 valence electrons. The molecule has 9 heteroatoms. The highest BCUT2D eigenvalue weighted by molar-refractivity contribution is 7.17. The van der Waals surface area contributed by atoms with Crippen LogP contribution in [0.4, 0.5) is 29.3 Å². The number of nitrogens with one attached hydrogen (secondary N) is 2. The van der Waals surface area contributed by atoms with Crippen LogP contribution >= 0.6 is 11.3 Å². The van der Waals surface area contributed by atoms with Crippen LogP contribution in [-0.4, -0.2) is 13.1 Å². The lowest BCUT2D eigenvalue weighted by molar-refractivity contribution is -0.137. The predicted octanol–water partition coefficient (Wildman–Crippen LogP) is 7.37. The van der Waals surface area contributed by atoms with Gasteiger partial charge in [0.05, 0.1) is 24.0 Å². The van der Waals surface area contributed by atoms with E-state index in [1.54, 1.807) is 29.6 Å². The summed E-state index contributed by atoms with van der Waals surface area (Å²) in [6.07, 6.45) is -4.57. The van der Waals surface area contributed by atoms with Crippen LogP contribution in [0, 0.1) is 0 Å². The zero-order chi connectivity index (χ0) is 22.7. The predicted molar refractivity (Wildman–Crippen MR) is 119 cm³/mol. The molecule has 4 rings (SSSR count). The Labute approximate surface area is 185 Å². The van der Waals surface area contributed by atoms with Crippen LogP contribution in [0.3, 0.4) is 0 Å². The Morgan fingerprint density at radius 3 is 2.31 bits per heavy atom. The van der Waals surface area contributed by atoms with Crippen LogP contribution in [0.25, 0.3) is 10.1 Å². The van der Waals surface area contributed by atoms with E-state index in [9.17, 15) is 18.0 Å². The number of thiophene rings is 1. The number of alkyl halides is 3. The molecular formula is C23H17F3N2O3S. The summed E-state index contributed by atoms with van der Waals surface area (Å²) in [5.74, 6) is 1.04. The van der Waals surface area contributed by atoms with Crippen LogP contribution in [-0.2, 0) is 6.18 Å². The van der Waals surface area contributed by atoms with Crippen molar-refractivity contribution in [2.75, 3.05) is 17.7 Å². The van der Waals surface area contributed by atoms with E-state index in [2.05, 4.69) is 10.6 Å². The van der Waals surface area contributed by atoms with E-state index < -0.39 is 17.8 Å². The Bertz CT molecular complexity index is 1250. The van der Waals surface area contributed by atoms with E-state index in [4.69, 9.17) is 9.47 Å². The van der Waals surface area contributed by atoms with Crippen LogP contribution in [0.2, 0.25) is 0 Å². The molecule has 0 radical (unpaired) electrons. The van der Waals surface area contributed by atoms with Gasteiger partial charge in [0.2, 0.25) is 0 Å². The van der Waals surface area contributed by atoms with E-state index in [0.717, 1.165) is 22.2 Å². The summed E-state index contributed by atoms with van der Waals surface area (Å²) in [6, 6.07) is 16.2. The number of hydrogen-bond donors (Lipinski definition) is 2. The lowest BCUT2D eigenvalue weighted by atomic mass is 10.1. The molecule has 0 aliphatic heterocycles. The molecule has 1 heterocycles. The number of carbonyl (C=O) groups excluding carboxylic acids is 1. The molecule has 1 aromatic heterocycles. The molecule has 32 heavy (non-hydrogen) atoms. The average molecular weight is 458 g/mol. The highest BCUT2D eigenvalue weighted by atomic mass is 32.1. The fourth-order valence-electron chi connectivity index (χ4n) is 3.01. The zero-order valence-corrected chi connectivity index (χ0v) is 17.5. The molecule has 0 unspecified atom stereocenters. The van der Waals surface area contributed by atoms with E-state index in [0.29, 0.717) is 17.2 Å². The highest BCUT2D eigenvalue weighted by Gasteiger charge is 2.31. The lowest BCUT2D eigenvalue weighted by Crippen LogP contribution is -2.20. The summed E-state index contributed by atoms with van der Waals surface area (Å²) < 4.78 is 51.5. The normalized spacial score (nSPS) is 11.2. The number of urea groups is 1. The topological polar surface area (TPSA) is 59.6 Å². The number of rotatable bonds is 5. The Morgan fingerprint density at radius 1 is 0.906 bits per heavy atom. The van der Waals surface area contributed by atoms with Crippen LogP contribution < -0.4 is 20.1 Å². The maximum Gasteiger partial charge on any atom is 0.416 e. The second-order valence-corrected chi connectivity index (χ2v) is 7.62.